The molecule has 0 bridgehead atoms. The number of amides is 1. The lowest BCUT2D eigenvalue weighted by atomic mass is 10.0. The molecule has 9 nitrogen and oxygen atoms in total. The van der Waals surface area contributed by atoms with Gasteiger partial charge in [0.15, 0.2) is 0 Å². The Bertz CT molecular complexity index is 1140. The van der Waals surface area contributed by atoms with Crippen molar-refractivity contribution in [1.82, 2.24) is 20.2 Å². The molecule has 2 aliphatic heterocycles. The second-order valence-electron chi connectivity index (χ2n) is 8.86. The van der Waals surface area contributed by atoms with Crippen LogP contribution in [0.3, 0.4) is 0 Å². The van der Waals surface area contributed by atoms with Gasteiger partial charge >= 0.3 is 18.3 Å². The first-order valence-electron chi connectivity index (χ1n) is 11.6. The molecular weight excluding hydrogens is 560 g/mol. The van der Waals surface area contributed by atoms with Crippen LogP contribution >= 0.6 is 11.6 Å². The van der Waals surface area contributed by atoms with Crippen LogP contribution in [-0.4, -0.2) is 87.5 Å². The first kappa shape index (κ1) is 30.4. The van der Waals surface area contributed by atoms with Crippen LogP contribution in [0.5, 0.6) is 0 Å². The van der Waals surface area contributed by atoms with Gasteiger partial charge in [-0.05, 0) is 43.2 Å². The van der Waals surface area contributed by atoms with E-state index in [-0.39, 0.29) is 30.4 Å². The van der Waals surface area contributed by atoms with Gasteiger partial charge < -0.3 is 25.3 Å². The minimum Gasteiger partial charge on any atom is -0.475 e. The molecule has 0 aliphatic carbocycles. The summed E-state index contributed by atoms with van der Waals surface area (Å²) in [7, 11) is 0. The molecule has 39 heavy (non-hydrogen) atoms. The number of carboxylic acid groups (broad SMARTS) is 1. The maximum absolute atomic E-state index is 12.9. The summed E-state index contributed by atoms with van der Waals surface area (Å²) in [5.41, 5.74) is 0.589. The Hall–Kier alpha value is -3.17. The summed E-state index contributed by atoms with van der Waals surface area (Å²) in [4.78, 5) is 31.8. The highest BCUT2D eigenvalue weighted by Gasteiger charge is 2.39. The van der Waals surface area contributed by atoms with Crippen LogP contribution in [0.1, 0.15) is 29.0 Å². The number of carboxylic acids is 1. The standard InChI is InChI=1S/C21H23ClF3N5O2.C2HF3O2/c22-14-3-1-13(2-4-14)19(32)29-9-6-15(7-10-29)27-16-11-30(12-17(16)31)18-5-8-26-20(28-18)21(23,24)25;3-2(4,5)1(6)7/h1-5,8,15-17,27,31H,6-7,9-12H2;(H,6,7)/t16?,17-;/m1./s1. The van der Waals surface area contributed by atoms with Crippen LogP contribution in [0.15, 0.2) is 36.5 Å². The third-order valence-corrected chi connectivity index (χ3v) is 6.33. The minimum absolute atomic E-state index is 0.0450. The number of aromatic nitrogens is 2. The number of β-amino-alcohol motifs (C(OH)–C–C–N with tert-alkyl or cyclic N) is 1. The van der Waals surface area contributed by atoms with Gasteiger partial charge in [0.25, 0.3) is 5.91 Å². The molecule has 16 heteroatoms. The quantitative estimate of drug-likeness (QED) is 0.470. The van der Waals surface area contributed by atoms with E-state index < -0.39 is 30.3 Å². The van der Waals surface area contributed by atoms with E-state index in [0.717, 1.165) is 6.20 Å². The SMILES string of the molecule is O=C(O)C(F)(F)F.O=C(c1ccc(Cl)cc1)N1CCC(NC2CN(c3ccnc(C(F)(F)F)n3)C[C@H]2O)CC1. The highest BCUT2D eigenvalue weighted by atomic mass is 35.5. The number of rotatable bonds is 4. The van der Waals surface area contributed by atoms with E-state index in [1.807, 2.05) is 0 Å². The first-order valence-corrected chi connectivity index (χ1v) is 12.0. The highest BCUT2D eigenvalue weighted by molar-refractivity contribution is 6.30. The first-order chi connectivity index (χ1) is 18.1. The van der Waals surface area contributed by atoms with Crippen LogP contribution in [-0.2, 0) is 11.0 Å². The van der Waals surface area contributed by atoms with Crippen molar-refractivity contribution in [3.05, 3.63) is 52.9 Å². The number of nitrogens with one attached hydrogen (secondary N) is 1. The molecule has 1 aromatic heterocycles. The molecular formula is C23H24ClF6N5O4. The van der Waals surface area contributed by atoms with Gasteiger partial charge in [-0.15, -0.1) is 0 Å². The molecule has 2 fully saturated rings. The highest BCUT2D eigenvalue weighted by Crippen LogP contribution is 2.28. The van der Waals surface area contributed by atoms with Gasteiger partial charge in [-0.2, -0.15) is 26.3 Å². The van der Waals surface area contributed by atoms with Crippen LogP contribution in [0.25, 0.3) is 0 Å². The second kappa shape index (κ2) is 12.3. The Kier molecular flexibility index (Phi) is 9.61. The number of benzene rings is 1. The van der Waals surface area contributed by atoms with Crippen LogP contribution in [0, 0.1) is 0 Å². The molecule has 0 radical (unpaired) electrons. The van der Waals surface area contributed by atoms with Crippen molar-refractivity contribution in [3.63, 3.8) is 0 Å². The molecule has 2 aliphatic rings. The molecule has 4 rings (SSSR count). The number of carbonyl (C=O) groups excluding carboxylic acids is 1. The fourth-order valence-electron chi connectivity index (χ4n) is 4.13. The van der Waals surface area contributed by atoms with Gasteiger partial charge in [0, 0.05) is 49.0 Å². The number of aliphatic hydroxyl groups is 1. The maximum atomic E-state index is 12.9. The Labute approximate surface area is 223 Å². The number of hydrogen-bond donors (Lipinski definition) is 3. The number of piperidine rings is 1. The van der Waals surface area contributed by atoms with E-state index in [1.165, 1.54) is 6.07 Å². The lowest BCUT2D eigenvalue weighted by Gasteiger charge is -2.34. The summed E-state index contributed by atoms with van der Waals surface area (Å²) < 4.78 is 70.4. The van der Waals surface area contributed by atoms with Crippen molar-refractivity contribution in [1.29, 1.82) is 0 Å². The summed E-state index contributed by atoms with van der Waals surface area (Å²) in [6.45, 7) is 1.66. The summed E-state index contributed by atoms with van der Waals surface area (Å²) in [5.74, 6) is -3.86. The molecule has 2 aromatic rings. The Morgan fingerprint density at radius 2 is 1.59 bits per heavy atom. The predicted octanol–water partition coefficient (Wildman–Crippen LogP) is 3.23. The molecule has 1 aromatic carbocycles. The van der Waals surface area contributed by atoms with Gasteiger partial charge in [-0.25, -0.2) is 14.8 Å². The molecule has 1 amide bonds. The topological polar surface area (TPSA) is 119 Å². The van der Waals surface area contributed by atoms with E-state index in [2.05, 4.69) is 15.3 Å². The largest absolute Gasteiger partial charge is 0.490 e. The zero-order valence-corrected chi connectivity index (χ0v) is 20.8. The van der Waals surface area contributed by atoms with Crippen molar-refractivity contribution >= 4 is 29.3 Å². The van der Waals surface area contributed by atoms with Crippen LogP contribution in [0.4, 0.5) is 32.2 Å². The molecule has 214 valence electrons. The molecule has 3 N–H and O–H groups in total. The fraction of sp³-hybridized carbons (Fsp3) is 0.478. The monoisotopic (exact) mass is 583 g/mol. The molecule has 2 saturated heterocycles. The third-order valence-electron chi connectivity index (χ3n) is 6.07. The van der Waals surface area contributed by atoms with Crippen molar-refractivity contribution in [2.75, 3.05) is 31.1 Å². The molecule has 2 atom stereocenters. The summed E-state index contributed by atoms with van der Waals surface area (Å²) in [5, 5.41) is 21.6. The van der Waals surface area contributed by atoms with E-state index in [0.29, 0.717) is 43.1 Å². The van der Waals surface area contributed by atoms with Gasteiger partial charge in [-0.1, -0.05) is 11.6 Å². The predicted molar refractivity (Wildman–Crippen MR) is 126 cm³/mol. The van der Waals surface area contributed by atoms with Crippen molar-refractivity contribution < 1.29 is 46.1 Å². The number of nitrogens with zero attached hydrogens (tertiary/aromatic N) is 4. The lowest BCUT2D eigenvalue weighted by molar-refractivity contribution is -0.192. The van der Waals surface area contributed by atoms with Gasteiger partial charge in [0.2, 0.25) is 5.82 Å². The minimum atomic E-state index is -5.08. The Balaban J connectivity index is 0.000000532. The molecule has 0 spiro atoms. The number of aliphatic carboxylic acids is 1. The maximum Gasteiger partial charge on any atom is 0.490 e. The Morgan fingerprint density at radius 3 is 2.13 bits per heavy atom. The van der Waals surface area contributed by atoms with E-state index in [4.69, 9.17) is 21.5 Å². The van der Waals surface area contributed by atoms with Gasteiger partial charge in [-0.3, -0.25) is 4.79 Å². The average molecular weight is 584 g/mol. The van der Waals surface area contributed by atoms with Crippen LogP contribution in [0.2, 0.25) is 5.02 Å². The molecule has 0 saturated carbocycles. The van der Waals surface area contributed by atoms with E-state index in [1.54, 1.807) is 34.1 Å². The average Bonchev–Trinajstić information content (AvgIpc) is 3.24. The number of likely N-dealkylation sites (tertiary alicyclic amines) is 1. The Morgan fingerprint density at radius 1 is 1.00 bits per heavy atom. The molecule has 1 unspecified atom stereocenters. The number of hydrogen-bond acceptors (Lipinski definition) is 7. The summed E-state index contributed by atoms with van der Waals surface area (Å²) >= 11 is 5.88. The van der Waals surface area contributed by atoms with E-state index in [9.17, 15) is 36.2 Å². The number of anilines is 1. The van der Waals surface area contributed by atoms with Crippen molar-refractivity contribution in [2.24, 2.45) is 0 Å². The van der Waals surface area contributed by atoms with E-state index >= 15 is 0 Å². The number of halogens is 7. The third kappa shape index (κ3) is 8.41. The fourth-order valence-corrected chi connectivity index (χ4v) is 4.25. The smallest absolute Gasteiger partial charge is 0.475 e. The second-order valence-corrected chi connectivity index (χ2v) is 9.29. The normalized spacial score (nSPS) is 20.4. The number of alkyl halides is 6. The number of carbonyl (C=O) groups is 2. The van der Waals surface area contributed by atoms with Crippen molar-refractivity contribution in [2.45, 2.75) is 43.4 Å². The summed E-state index contributed by atoms with van der Waals surface area (Å²) in [6, 6.07) is 7.98. The van der Waals surface area contributed by atoms with Crippen molar-refractivity contribution in [3.8, 4) is 0 Å². The summed E-state index contributed by atoms with van der Waals surface area (Å²) in [6.07, 6.45) is -7.94. The zero-order valence-electron chi connectivity index (χ0n) is 20.1. The number of aliphatic hydroxyl groups excluding tert-OH is 1. The van der Waals surface area contributed by atoms with Gasteiger partial charge in [0.05, 0.1) is 12.1 Å². The zero-order chi connectivity index (χ0) is 29.0. The lowest BCUT2D eigenvalue weighted by Crippen LogP contribution is -2.50. The molecule has 3 heterocycles. The van der Waals surface area contributed by atoms with Crippen LogP contribution < -0.4 is 10.2 Å². The van der Waals surface area contributed by atoms with Gasteiger partial charge in [0.1, 0.15) is 5.82 Å².